The molecule has 0 unspecified atom stereocenters. The number of ether oxygens (including phenoxy) is 1. The Morgan fingerprint density at radius 3 is 2.48 bits per heavy atom. The largest absolute Gasteiger partial charge is 0.434 e. The van der Waals surface area contributed by atoms with E-state index in [2.05, 4.69) is 9.88 Å². The molecule has 0 aliphatic carbocycles. The van der Waals surface area contributed by atoms with Crippen LogP contribution in [0.4, 0.5) is 13.2 Å². The van der Waals surface area contributed by atoms with E-state index in [0.717, 1.165) is 52.2 Å². The SMILES string of the molecule is Cc1ccc(SN2CC3(C2)CN(C2CCOCC2)C3)c(C(F)(F)F)n1. The summed E-state index contributed by atoms with van der Waals surface area (Å²) < 4.78 is 47.0. The van der Waals surface area contributed by atoms with Crippen LogP contribution >= 0.6 is 11.9 Å². The van der Waals surface area contributed by atoms with Gasteiger partial charge in [0.1, 0.15) is 0 Å². The van der Waals surface area contributed by atoms with Crippen LogP contribution in [-0.4, -0.2) is 59.6 Å². The van der Waals surface area contributed by atoms with Gasteiger partial charge in [0.05, 0.1) is 4.90 Å². The summed E-state index contributed by atoms with van der Waals surface area (Å²) in [5, 5.41) is 0. The number of hydrogen-bond acceptors (Lipinski definition) is 5. The van der Waals surface area contributed by atoms with Gasteiger partial charge in [0.25, 0.3) is 0 Å². The van der Waals surface area contributed by atoms with Crippen molar-refractivity contribution in [3.05, 3.63) is 23.5 Å². The Bertz CT molecular complexity index is 635. The minimum Gasteiger partial charge on any atom is -0.381 e. The molecular formula is C17H22F3N3OS. The summed E-state index contributed by atoms with van der Waals surface area (Å²) in [5.41, 5.74) is -0.0966. The van der Waals surface area contributed by atoms with Gasteiger partial charge in [-0.05, 0) is 43.8 Å². The highest BCUT2D eigenvalue weighted by molar-refractivity contribution is 7.97. The third-order valence-corrected chi connectivity index (χ3v) is 6.34. The molecule has 0 amide bonds. The first-order chi connectivity index (χ1) is 11.8. The van der Waals surface area contributed by atoms with Crippen molar-refractivity contribution in [2.24, 2.45) is 5.41 Å². The Morgan fingerprint density at radius 2 is 1.84 bits per heavy atom. The highest BCUT2D eigenvalue weighted by Gasteiger charge is 2.53. The number of rotatable bonds is 3. The summed E-state index contributed by atoms with van der Waals surface area (Å²) in [5.74, 6) is 0. The van der Waals surface area contributed by atoms with Gasteiger partial charge >= 0.3 is 6.18 Å². The number of likely N-dealkylation sites (tertiary alicyclic amines) is 1. The highest BCUT2D eigenvalue weighted by atomic mass is 32.2. The van der Waals surface area contributed by atoms with Gasteiger partial charge in [0.2, 0.25) is 0 Å². The predicted molar refractivity (Wildman–Crippen MR) is 89.3 cm³/mol. The molecule has 0 radical (unpaired) electrons. The van der Waals surface area contributed by atoms with E-state index in [9.17, 15) is 13.2 Å². The zero-order chi connectivity index (χ0) is 17.7. The number of aromatic nitrogens is 1. The van der Waals surface area contributed by atoms with Gasteiger partial charge < -0.3 is 4.74 Å². The number of pyridine rings is 1. The molecule has 138 valence electrons. The molecule has 3 saturated heterocycles. The molecule has 4 rings (SSSR count). The van der Waals surface area contributed by atoms with E-state index in [1.807, 2.05) is 4.31 Å². The number of aryl methyl sites for hydroxylation is 1. The Labute approximate surface area is 149 Å². The first-order valence-electron chi connectivity index (χ1n) is 8.64. The molecule has 1 aromatic rings. The Balaban J connectivity index is 1.32. The summed E-state index contributed by atoms with van der Waals surface area (Å²) in [6.07, 6.45) is -2.22. The summed E-state index contributed by atoms with van der Waals surface area (Å²) >= 11 is 1.19. The summed E-state index contributed by atoms with van der Waals surface area (Å²) in [6.45, 7) is 7.10. The fourth-order valence-corrected chi connectivity index (χ4v) is 5.38. The van der Waals surface area contributed by atoms with E-state index in [-0.39, 0.29) is 10.3 Å². The molecule has 8 heteroatoms. The maximum atomic E-state index is 13.2. The lowest BCUT2D eigenvalue weighted by atomic mass is 9.73. The van der Waals surface area contributed by atoms with Crippen molar-refractivity contribution in [2.75, 3.05) is 39.4 Å². The van der Waals surface area contributed by atoms with E-state index in [0.29, 0.717) is 11.7 Å². The van der Waals surface area contributed by atoms with Gasteiger partial charge in [-0.15, -0.1) is 0 Å². The van der Waals surface area contributed by atoms with Crippen LogP contribution in [0.3, 0.4) is 0 Å². The summed E-state index contributed by atoms with van der Waals surface area (Å²) in [4.78, 5) is 6.42. The van der Waals surface area contributed by atoms with Crippen molar-refractivity contribution in [1.29, 1.82) is 0 Å². The lowest BCUT2D eigenvalue weighted by molar-refractivity contribution is -0.143. The third kappa shape index (κ3) is 3.54. The fraction of sp³-hybridized carbons (Fsp3) is 0.706. The summed E-state index contributed by atoms with van der Waals surface area (Å²) in [7, 11) is 0. The van der Waals surface area contributed by atoms with Gasteiger partial charge in [-0.2, -0.15) is 13.2 Å². The zero-order valence-corrected chi connectivity index (χ0v) is 15.0. The maximum Gasteiger partial charge on any atom is 0.434 e. The Morgan fingerprint density at radius 1 is 1.16 bits per heavy atom. The topological polar surface area (TPSA) is 28.6 Å². The smallest absolute Gasteiger partial charge is 0.381 e. The highest BCUT2D eigenvalue weighted by Crippen LogP contribution is 2.47. The molecule has 4 nitrogen and oxygen atoms in total. The van der Waals surface area contributed by atoms with Gasteiger partial charge in [-0.3, -0.25) is 4.90 Å². The molecule has 1 spiro atoms. The molecular weight excluding hydrogens is 351 g/mol. The Hall–Kier alpha value is -0.830. The quantitative estimate of drug-likeness (QED) is 0.759. The molecule has 0 bridgehead atoms. The van der Waals surface area contributed by atoms with Crippen molar-refractivity contribution in [1.82, 2.24) is 14.2 Å². The molecule has 0 N–H and O–H groups in total. The molecule has 0 atom stereocenters. The van der Waals surface area contributed by atoms with E-state index < -0.39 is 11.9 Å². The second-order valence-electron chi connectivity index (χ2n) is 7.43. The van der Waals surface area contributed by atoms with Gasteiger partial charge in [0, 0.05) is 56.5 Å². The van der Waals surface area contributed by atoms with Crippen molar-refractivity contribution in [3.63, 3.8) is 0 Å². The van der Waals surface area contributed by atoms with E-state index >= 15 is 0 Å². The zero-order valence-electron chi connectivity index (χ0n) is 14.2. The minimum absolute atomic E-state index is 0.202. The first kappa shape index (κ1) is 17.6. The molecule has 3 aliphatic heterocycles. The van der Waals surface area contributed by atoms with Crippen LogP contribution in [0.15, 0.2) is 17.0 Å². The molecule has 4 heterocycles. The molecule has 1 aromatic heterocycles. The minimum atomic E-state index is -4.41. The van der Waals surface area contributed by atoms with E-state index in [4.69, 9.17) is 4.74 Å². The second kappa shape index (κ2) is 6.40. The fourth-order valence-electron chi connectivity index (χ4n) is 4.05. The predicted octanol–water partition coefficient (Wildman–Crippen LogP) is 3.21. The van der Waals surface area contributed by atoms with Crippen LogP contribution in [-0.2, 0) is 10.9 Å². The molecule has 0 saturated carbocycles. The standard InChI is InChI=1S/C17H22F3N3OS/c1-12-2-3-14(15(21-12)17(18,19)20)25-23-10-16(11-23)8-22(9-16)13-4-6-24-7-5-13/h2-3,13H,4-11H2,1H3. The van der Waals surface area contributed by atoms with Crippen molar-refractivity contribution in [3.8, 4) is 0 Å². The van der Waals surface area contributed by atoms with E-state index in [1.54, 1.807) is 13.0 Å². The van der Waals surface area contributed by atoms with Crippen molar-refractivity contribution < 1.29 is 17.9 Å². The number of hydrogen-bond donors (Lipinski definition) is 0. The molecule has 3 fully saturated rings. The average molecular weight is 373 g/mol. The number of alkyl halides is 3. The molecule has 3 aliphatic rings. The average Bonchev–Trinajstić information content (AvgIpc) is 2.49. The van der Waals surface area contributed by atoms with Gasteiger partial charge in [-0.25, -0.2) is 9.29 Å². The molecule has 0 aromatic carbocycles. The summed E-state index contributed by atoms with van der Waals surface area (Å²) in [6, 6.07) is 3.80. The van der Waals surface area contributed by atoms with Crippen LogP contribution in [0.5, 0.6) is 0 Å². The Kier molecular flexibility index (Phi) is 4.50. The van der Waals surface area contributed by atoms with Crippen molar-refractivity contribution in [2.45, 2.75) is 36.9 Å². The third-order valence-electron chi connectivity index (χ3n) is 5.30. The second-order valence-corrected chi connectivity index (χ2v) is 8.57. The lowest BCUT2D eigenvalue weighted by Crippen LogP contribution is -2.72. The monoisotopic (exact) mass is 373 g/mol. The van der Waals surface area contributed by atoms with Crippen LogP contribution < -0.4 is 0 Å². The van der Waals surface area contributed by atoms with Gasteiger partial charge in [-0.1, -0.05) is 0 Å². The number of nitrogens with zero attached hydrogens (tertiary/aromatic N) is 3. The first-order valence-corrected chi connectivity index (χ1v) is 9.42. The normalized spacial score (nSPS) is 25.0. The lowest BCUT2D eigenvalue weighted by Gasteiger charge is -2.62. The number of halogens is 3. The van der Waals surface area contributed by atoms with Crippen molar-refractivity contribution >= 4 is 11.9 Å². The van der Waals surface area contributed by atoms with Crippen LogP contribution in [0, 0.1) is 12.3 Å². The molecule has 25 heavy (non-hydrogen) atoms. The van der Waals surface area contributed by atoms with Crippen LogP contribution in [0.25, 0.3) is 0 Å². The van der Waals surface area contributed by atoms with E-state index in [1.165, 1.54) is 18.0 Å². The van der Waals surface area contributed by atoms with Gasteiger partial charge in [0.15, 0.2) is 5.69 Å². The van der Waals surface area contributed by atoms with Crippen LogP contribution in [0.1, 0.15) is 24.2 Å². The maximum absolute atomic E-state index is 13.2. The van der Waals surface area contributed by atoms with Crippen LogP contribution in [0.2, 0.25) is 0 Å².